The molecule has 44 heavy (non-hydrogen) atoms. The molecule has 0 aromatic rings. The molecule has 4 N–H and O–H groups in total. The van der Waals surface area contributed by atoms with Crippen LogP contribution < -0.4 is 0 Å². The van der Waals surface area contributed by atoms with Gasteiger partial charge < -0.3 is 39.4 Å². The molecule has 0 bridgehead atoms. The van der Waals surface area contributed by atoms with Gasteiger partial charge >= 0.3 is 11.9 Å². The number of ether oxygens (including phenoxy) is 4. The molecule has 0 radical (unpaired) electrons. The summed E-state index contributed by atoms with van der Waals surface area (Å²) in [5.74, 6) is -0.854. The van der Waals surface area contributed by atoms with Crippen molar-refractivity contribution in [1.82, 2.24) is 0 Å². The van der Waals surface area contributed by atoms with Crippen molar-refractivity contribution >= 4 is 11.9 Å². The second-order valence-electron chi connectivity index (χ2n) is 11.6. The molecule has 1 saturated heterocycles. The molecule has 6 unspecified atom stereocenters. The molecule has 6 atom stereocenters. The van der Waals surface area contributed by atoms with Crippen LogP contribution in [0.5, 0.6) is 0 Å². The molecule has 1 fully saturated rings. The summed E-state index contributed by atoms with van der Waals surface area (Å²) in [6.07, 6.45) is 17.1. The van der Waals surface area contributed by atoms with Gasteiger partial charge in [0, 0.05) is 12.8 Å². The van der Waals surface area contributed by atoms with Gasteiger partial charge in [0.2, 0.25) is 0 Å². The summed E-state index contributed by atoms with van der Waals surface area (Å²) >= 11 is 0. The van der Waals surface area contributed by atoms with Crippen molar-refractivity contribution in [3.63, 3.8) is 0 Å². The van der Waals surface area contributed by atoms with Crippen LogP contribution in [-0.2, 0) is 28.5 Å². The van der Waals surface area contributed by atoms with Crippen LogP contribution in [0.2, 0.25) is 0 Å². The van der Waals surface area contributed by atoms with Crippen LogP contribution in [-0.4, -0.2) is 89.0 Å². The highest BCUT2D eigenvalue weighted by Gasteiger charge is 2.44. The number of aliphatic hydroxyl groups excluding tert-OH is 4. The van der Waals surface area contributed by atoms with Gasteiger partial charge in [-0.1, -0.05) is 89.5 Å². The number of carbonyl (C=O) groups excluding carboxylic acids is 2. The quantitative estimate of drug-likeness (QED) is 0.0582. The van der Waals surface area contributed by atoms with Gasteiger partial charge in [-0.2, -0.15) is 0 Å². The fraction of sp³-hybridized carbons (Fsp3) is 0.824. The van der Waals surface area contributed by atoms with Crippen LogP contribution in [0.15, 0.2) is 24.3 Å². The number of esters is 2. The fourth-order valence-corrected chi connectivity index (χ4v) is 4.80. The second kappa shape index (κ2) is 26.4. The number of aliphatic hydroxyl groups is 4. The van der Waals surface area contributed by atoms with Crippen molar-refractivity contribution in [2.45, 2.75) is 160 Å². The third-order valence-corrected chi connectivity index (χ3v) is 7.59. The highest BCUT2D eigenvalue weighted by atomic mass is 16.7. The van der Waals surface area contributed by atoms with Gasteiger partial charge in [0.15, 0.2) is 12.4 Å². The van der Waals surface area contributed by atoms with Crippen molar-refractivity contribution in [3.8, 4) is 0 Å². The third kappa shape index (κ3) is 18.9. The van der Waals surface area contributed by atoms with Crippen LogP contribution in [0.3, 0.4) is 0 Å². The Morgan fingerprint density at radius 3 is 1.93 bits per heavy atom. The largest absolute Gasteiger partial charge is 0.462 e. The minimum absolute atomic E-state index is 0.214. The Labute approximate surface area is 264 Å². The van der Waals surface area contributed by atoms with Crippen molar-refractivity contribution in [1.29, 1.82) is 0 Å². The summed E-state index contributed by atoms with van der Waals surface area (Å²) in [5, 5.41) is 39.6. The van der Waals surface area contributed by atoms with E-state index in [1.807, 2.05) is 6.92 Å². The zero-order valence-electron chi connectivity index (χ0n) is 27.2. The molecule has 256 valence electrons. The Morgan fingerprint density at radius 2 is 1.27 bits per heavy atom. The first-order chi connectivity index (χ1) is 21.3. The summed E-state index contributed by atoms with van der Waals surface area (Å²) in [5.41, 5.74) is 0. The van der Waals surface area contributed by atoms with E-state index in [9.17, 15) is 30.0 Å². The number of unbranched alkanes of at least 4 members (excludes halogenated alkanes) is 11. The van der Waals surface area contributed by atoms with Crippen molar-refractivity contribution in [3.05, 3.63) is 24.3 Å². The highest BCUT2D eigenvalue weighted by Crippen LogP contribution is 2.22. The summed E-state index contributed by atoms with van der Waals surface area (Å²) < 4.78 is 21.7. The maximum Gasteiger partial charge on any atom is 0.306 e. The zero-order valence-corrected chi connectivity index (χ0v) is 27.2. The number of hydrogen-bond donors (Lipinski definition) is 4. The smallest absolute Gasteiger partial charge is 0.306 e. The molecular weight excluding hydrogens is 568 g/mol. The Morgan fingerprint density at radius 1 is 0.705 bits per heavy atom. The van der Waals surface area contributed by atoms with Gasteiger partial charge in [-0.05, 0) is 44.9 Å². The molecule has 0 aliphatic carbocycles. The number of allylic oxidation sites excluding steroid dienone is 4. The molecule has 1 aliphatic rings. The van der Waals surface area contributed by atoms with E-state index in [0.29, 0.717) is 12.8 Å². The van der Waals surface area contributed by atoms with E-state index in [0.717, 1.165) is 51.4 Å². The van der Waals surface area contributed by atoms with Gasteiger partial charge in [0.1, 0.15) is 31.0 Å². The van der Waals surface area contributed by atoms with E-state index in [2.05, 4.69) is 31.2 Å². The average Bonchev–Trinajstić information content (AvgIpc) is 3.01. The molecule has 10 heteroatoms. The predicted molar refractivity (Wildman–Crippen MR) is 169 cm³/mol. The van der Waals surface area contributed by atoms with E-state index in [-0.39, 0.29) is 26.1 Å². The lowest BCUT2D eigenvalue weighted by Gasteiger charge is -2.39. The summed E-state index contributed by atoms with van der Waals surface area (Å²) in [4.78, 5) is 24.6. The summed E-state index contributed by atoms with van der Waals surface area (Å²) in [6, 6.07) is 0. The van der Waals surface area contributed by atoms with E-state index in [1.165, 1.54) is 32.1 Å². The van der Waals surface area contributed by atoms with Crippen molar-refractivity contribution < 1.29 is 49.0 Å². The van der Waals surface area contributed by atoms with Gasteiger partial charge in [0.05, 0.1) is 13.2 Å². The second-order valence-corrected chi connectivity index (χ2v) is 11.6. The van der Waals surface area contributed by atoms with Crippen LogP contribution >= 0.6 is 0 Å². The van der Waals surface area contributed by atoms with E-state index in [1.54, 1.807) is 0 Å². The topological polar surface area (TPSA) is 152 Å². The number of hydrogen-bond acceptors (Lipinski definition) is 10. The van der Waals surface area contributed by atoms with Crippen LogP contribution in [0.4, 0.5) is 0 Å². The number of carbonyl (C=O) groups is 2. The first-order valence-electron chi connectivity index (χ1n) is 16.9. The molecule has 1 aliphatic heterocycles. The lowest BCUT2D eigenvalue weighted by molar-refractivity contribution is -0.305. The van der Waals surface area contributed by atoms with E-state index >= 15 is 0 Å². The van der Waals surface area contributed by atoms with Gasteiger partial charge in [0.25, 0.3) is 0 Å². The Bertz CT molecular complexity index is 784. The van der Waals surface area contributed by atoms with Crippen LogP contribution in [0, 0.1) is 0 Å². The van der Waals surface area contributed by atoms with Gasteiger partial charge in [-0.15, -0.1) is 0 Å². The normalized spacial score (nSPS) is 22.9. The van der Waals surface area contributed by atoms with E-state index < -0.39 is 55.4 Å². The fourth-order valence-electron chi connectivity index (χ4n) is 4.80. The maximum absolute atomic E-state index is 12.5. The number of rotatable bonds is 26. The molecule has 0 aromatic carbocycles. The molecule has 0 saturated carbocycles. The lowest BCUT2D eigenvalue weighted by Crippen LogP contribution is -2.59. The first-order valence-corrected chi connectivity index (χ1v) is 16.9. The Balaban J connectivity index is 2.35. The van der Waals surface area contributed by atoms with Crippen LogP contribution in [0.25, 0.3) is 0 Å². The monoisotopic (exact) mass is 628 g/mol. The molecule has 0 amide bonds. The molecule has 0 spiro atoms. The molecular formula is C34H60O10. The minimum Gasteiger partial charge on any atom is -0.462 e. The minimum atomic E-state index is -1.59. The molecule has 10 nitrogen and oxygen atoms in total. The Hall–Kier alpha value is -1.82. The summed E-state index contributed by atoms with van der Waals surface area (Å²) in [6.45, 7) is 3.17. The third-order valence-electron chi connectivity index (χ3n) is 7.59. The van der Waals surface area contributed by atoms with Gasteiger partial charge in [-0.3, -0.25) is 9.59 Å². The van der Waals surface area contributed by atoms with Crippen molar-refractivity contribution in [2.24, 2.45) is 0 Å². The zero-order chi connectivity index (χ0) is 32.4. The Kier molecular flexibility index (Phi) is 24.1. The van der Waals surface area contributed by atoms with Crippen LogP contribution in [0.1, 0.15) is 123 Å². The maximum atomic E-state index is 12.5. The first kappa shape index (κ1) is 40.2. The standard InChI is InChI=1S/C34H60O10/c1-3-5-7-8-9-10-11-12-13-14-15-16-17-18-19-21-23-30(37)43-27(25-41-29(36)22-20-6-4-2)26-42-34-33(40)32(39)31(38)28(24-35)44-34/h10-11,13-14,27-28,31-35,38-40H,3-9,12,15-26H2,1-2H3/b11-10-,14-13-. The predicted octanol–water partition coefficient (Wildman–Crippen LogP) is 5.04. The molecule has 0 aromatic heterocycles. The van der Waals surface area contributed by atoms with Gasteiger partial charge in [-0.25, -0.2) is 0 Å². The molecule has 1 heterocycles. The molecule has 1 rings (SSSR count). The summed E-state index contributed by atoms with van der Waals surface area (Å²) in [7, 11) is 0. The lowest BCUT2D eigenvalue weighted by atomic mass is 9.99. The SMILES string of the molecule is CCCCCC/C=C\C/C=C\CCCCCCCC(=O)OC(COC(=O)CCCCC)COC1OC(CO)C(O)C(O)C1O. The highest BCUT2D eigenvalue weighted by molar-refractivity contribution is 5.70. The van der Waals surface area contributed by atoms with Crippen molar-refractivity contribution in [2.75, 3.05) is 19.8 Å². The van der Waals surface area contributed by atoms with E-state index in [4.69, 9.17) is 18.9 Å². The average molecular weight is 629 g/mol.